The van der Waals surface area contributed by atoms with Gasteiger partial charge in [0.1, 0.15) is 16.3 Å². The third kappa shape index (κ3) is 2.99. The Kier molecular flexibility index (Phi) is 4.26. The molecule has 2 aromatic carbocycles. The first-order chi connectivity index (χ1) is 12.7. The van der Waals surface area contributed by atoms with Crippen LogP contribution in [-0.4, -0.2) is 16.0 Å². The van der Waals surface area contributed by atoms with E-state index in [1.807, 2.05) is 49.4 Å². The average molecular weight is 363 g/mol. The molecule has 0 saturated heterocycles. The maximum Gasteiger partial charge on any atom is 0.261 e. The van der Waals surface area contributed by atoms with E-state index in [4.69, 9.17) is 4.52 Å². The normalized spacial score (nSPS) is 11.0. The number of nitrogens with one attached hydrogen (secondary N) is 1. The van der Waals surface area contributed by atoms with E-state index in [1.54, 1.807) is 18.3 Å². The summed E-state index contributed by atoms with van der Waals surface area (Å²) in [6, 6.07) is 15.8. The minimum absolute atomic E-state index is 0.201. The van der Waals surface area contributed by atoms with Crippen LogP contribution in [0.15, 0.2) is 53.1 Å². The number of aryl methyl sites for hydroxylation is 2. The number of fused-ring (bicyclic) bond motifs is 1. The average Bonchev–Trinajstić information content (AvgIpc) is 3.25. The van der Waals surface area contributed by atoms with Gasteiger partial charge in [-0.25, -0.2) is 4.98 Å². The number of amides is 1. The topological polar surface area (TPSA) is 68.0 Å². The molecular weight excluding hydrogens is 346 g/mol. The maximum absolute atomic E-state index is 12.5. The lowest BCUT2D eigenvalue weighted by molar-refractivity contribution is 0.102. The number of hydrogen-bond donors (Lipinski definition) is 1. The molecule has 5 nitrogen and oxygen atoms in total. The van der Waals surface area contributed by atoms with Crippen molar-refractivity contribution in [2.24, 2.45) is 0 Å². The number of thiazole rings is 1. The van der Waals surface area contributed by atoms with Crippen LogP contribution in [0, 0.1) is 6.92 Å². The lowest BCUT2D eigenvalue weighted by Crippen LogP contribution is -2.14. The summed E-state index contributed by atoms with van der Waals surface area (Å²) in [5.41, 5.74) is 3.94. The van der Waals surface area contributed by atoms with E-state index in [9.17, 15) is 4.79 Å². The van der Waals surface area contributed by atoms with Crippen LogP contribution >= 0.6 is 11.3 Å². The van der Waals surface area contributed by atoms with Crippen LogP contribution in [0.3, 0.4) is 0 Å². The summed E-state index contributed by atoms with van der Waals surface area (Å²) in [4.78, 5) is 17.2. The SMILES string of the molecule is CCc1noc(C)c1C(=O)Nc1ccc(-c2nc3ccccc3s2)cc1. The molecular formula is C20H17N3O2S. The zero-order valence-corrected chi connectivity index (χ0v) is 15.3. The van der Waals surface area contributed by atoms with Crippen LogP contribution < -0.4 is 5.32 Å². The van der Waals surface area contributed by atoms with Crippen molar-refractivity contribution in [3.05, 3.63) is 65.5 Å². The second-order valence-corrected chi connectivity index (χ2v) is 6.96. The van der Waals surface area contributed by atoms with Crippen molar-refractivity contribution in [2.45, 2.75) is 20.3 Å². The van der Waals surface area contributed by atoms with Gasteiger partial charge in [0.2, 0.25) is 0 Å². The van der Waals surface area contributed by atoms with Crippen LogP contribution in [0.4, 0.5) is 5.69 Å². The quantitative estimate of drug-likeness (QED) is 0.549. The Morgan fingerprint density at radius 3 is 2.65 bits per heavy atom. The Bertz CT molecular complexity index is 1050. The third-order valence-corrected chi connectivity index (χ3v) is 5.26. The lowest BCUT2D eigenvalue weighted by Gasteiger charge is -2.06. The molecule has 1 N–H and O–H groups in total. The van der Waals surface area contributed by atoms with Gasteiger partial charge in [-0.05, 0) is 49.7 Å². The standard InChI is InChI=1S/C20H17N3O2S/c1-3-15-18(12(2)25-23-15)19(24)21-14-10-8-13(9-11-14)20-22-16-6-4-5-7-17(16)26-20/h4-11H,3H2,1-2H3,(H,21,24). The van der Waals surface area contributed by atoms with Crippen LogP contribution in [0.25, 0.3) is 20.8 Å². The Morgan fingerprint density at radius 1 is 1.15 bits per heavy atom. The van der Waals surface area contributed by atoms with E-state index < -0.39 is 0 Å². The largest absolute Gasteiger partial charge is 0.361 e. The maximum atomic E-state index is 12.5. The van der Waals surface area contributed by atoms with Crippen LogP contribution in [0.5, 0.6) is 0 Å². The van der Waals surface area contributed by atoms with Gasteiger partial charge in [0.15, 0.2) is 0 Å². The molecule has 0 unspecified atom stereocenters. The molecule has 4 aromatic rings. The second kappa shape index (κ2) is 6.72. The Balaban J connectivity index is 1.56. The van der Waals surface area contributed by atoms with Gasteiger partial charge >= 0.3 is 0 Å². The summed E-state index contributed by atoms with van der Waals surface area (Å²) in [6.07, 6.45) is 0.649. The van der Waals surface area contributed by atoms with Gasteiger partial charge in [-0.3, -0.25) is 4.79 Å². The molecule has 0 atom stereocenters. The third-order valence-electron chi connectivity index (χ3n) is 4.18. The van der Waals surface area contributed by atoms with Gasteiger partial charge in [0, 0.05) is 11.3 Å². The number of carbonyl (C=O) groups is 1. The minimum atomic E-state index is -0.201. The molecule has 0 radical (unpaired) electrons. The van der Waals surface area contributed by atoms with E-state index in [0.29, 0.717) is 23.4 Å². The van der Waals surface area contributed by atoms with Crippen molar-refractivity contribution in [2.75, 3.05) is 5.32 Å². The number of rotatable bonds is 4. The molecule has 0 bridgehead atoms. The number of hydrogen-bond acceptors (Lipinski definition) is 5. The fraction of sp³-hybridized carbons (Fsp3) is 0.150. The summed E-state index contributed by atoms with van der Waals surface area (Å²) in [5.74, 6) is 0.332. The number of carbonyl (C=O) groups excluding carboxylic acids is 1. The van der Waals surface area contributed by atoms with Crippen molar-refractivity contribution >= 4 is 33.1 Å². The highest BCUT2D eigenvalue weighted by atomic mass is 32.1. The van der Waals surface area contributed by atoms with Crippen molar-refractivity contribution in [1.29, 1.82) is 0 Å². The summed E-state index contributed by atoms with van der Waals surface area (Å²) in [5, 5.41) is 7.80. The van der Waals surface area contributed by atoms with E-state index in [0.717, 1.165) is 26.5 Å². The van der Waals surface area contributed by atoms with Crippen molar-refractivity contribution in [1.82, 2.24) is 10.1 Å². The van der Waals surface area contributed by atoms with Crippen LogP contribution in [-0.2, 0) is 6.42 Å². The molecule has 0 aliphatic rings. The first-order valence-corrected chi connectivity index (χ1v) is 9.20. The number of aromatic nitrogens is 2. The summed E-state index contributed by atoms with van der Waals surface area (Å²) >= 11 is 1.66. The molecule has 1 amide bonds. The van der Waals surface area contributed by atoms with Crippen LogP contribution in [0.2, 0.25) is 0 Å². The predicted molar refractivity (Wildman–Crippen MR) is 104 cm³/mol. The van der Waals surface area contributed by atoms with Gasteiger partial charge in [-0.1, -0.05) is 24.2 Å². The van der Waals surface area contributed by atoms with Crippen molar-refractivity contribution < 1.29 is 9.32 Å². The van der Waals surface area contributed by atoms with E-state index >= 15 is 0 Å². The molecule has 0 saturated carbocycles. The lowest BCUT2D eigenvalue weighted by atomic mass is 10.1. The van der Waals surface area contributed by atoms with Crippen molar-refractivity contribution in [3.8, 4) is 10.6 Å². The molecule has 6 heteroatoms. The smallest absolute Gasteiger partial charge is 0.261 e. The summed E-state index contributed by atoms with van der Waals surface area (Å²) < 4.78 is 6.30. The highest BCUT2D eigenvalue weighted by Crippen LogP contribution is 2.30. The Morgan fingerprint density at radius 2 is 1.92 bits per heavy atom. The first kappa shape index (κ1) is 16.5. The molecule has 0 spiro atoms. The first-order valence-electron chi connectivity index (χ1n) is 8.38. The highest BCUT2D eigenvalue weighted by Gasteiger charge is 2.19. The Labute approximate surface area is 154 Å². The molecule has 2 heterocycles. The van der Waals surface area contributed by atoms with Gasteiger partial charge in [0.05, 0.1) is 15.9 Å². The zero-order chi connectivity index (χ0) is 18.1. The molecule has 4 rings (SSSR count). The molecule has 0 aliphatic carbocycles. The number of nitrogens with zero attached hydrogens (tertiary/aromatic N) is 2. The van der Waals surface area contributed by atoms with E-state index in [2.05, 4.69) is 21.5 Å². The molecule has 26 heavy (non-hydrogen) atoms. The predicted octanol–water partition coefficient (Wildman–Crippen LogP) is 5.07. The van der Waals surface area contributed by atoms with E-state index in [-0.39, 0.29) is 5.91 Å². The monoisotopic (exact) mass is 363 g/mol. The van der Waals surface area contributed by atoms with Gasteiger partial charge < -0.3 is 9.84 Å². The molecule has 0 aliphatic heterocycles. The minimum Gasteiger partial charge on any atom is -0.361 e. The summed E-state index contributed by atoms with van der Waals surface area (Å²) in [6.45, 7) is 3.69. The van der Waals surface area contributed by atoms with Gasteiger partial charge in [0.25, 0.3) is 5.91 Å². The zero-order valence-electron chi connectivity index (χ0n) is 14.4. The molecule has 2 aromatic heterocycles. The number of benzene rings is 2. The van der Waals surface area contributed by atoms with Gasteiger partial charge in [-0.15, -0.1) is 11.3 Å². The highest BCUT2D eigenvalue weighted by molar-refractivity contribution is 7.21. The van der Waals surface area contributed by atoms with E-state index in [1.165, 1.54) is 0 Å². The summed E-state index contributed by atoms with van der Waals surface area (Å²) in [7, 11) is 0. The molecule has 0 fully saturated rings. The second-order valence-electron chi connectivity index (χ2n) is 5.93. The van der Waals surface area contributed by atoms with Gasteiger partial charge in [-0.2, -0.15) is 0 Å². The Hall–Kier alpha value is -2.99. The van der Waals surface area contributed by atoms with Crippen LogP contribution in [0.1, 0.15) is 28.7 Å². The number of para-hydroxylation sites is 1. The molecule has 130 valence electrons. The fourth-order valence-electron chi connectivity index (χ4n) is 2.84. The fourth-order valence-corrected chi connectivity index (χ4v) is 3.81. The number of anilines is 1. The van der Waals surface area contributed by atoms with Crippen molar-refractivity contribution in [3.63, 3.8) is 0 Å².